The van der Waals surface area contributed by atoms with Crippen molar-refractivity contribution in [3.8, 4) is 0 Å². The fourth-order valence-corrected chi connectivity index (χ4v) is 1.20. The van der Waals surface area contributed by atoms with E-state index in [2.05, 4.69) is 4.98 Å². The number of rotatable bonds is 3. The Morgan fingerprint density at radius 1 is 1.50 bits per heavy atom. The average Bonchev–Trinajstić information content (AvgIpc) is 2.16. The van der Waals surface area contributed by atoms with Crippen molar-refractivity contribution in [1.82, 2.24) is 4.98 Å². The number of alkyl halides is 3. The van der Waals surface area contributed by atoms with Crippen LogP contribution in [0.4, 0.5) is 13.2 Å². The molecule has 0 saturated carbocycles. The third-order valence-corrected chi connectivity index (χ3v) is 2.09. The molecule has 1 N–H and O–H groups in total. The first kappa shape index (κ1) is 12.5. The molecule has 3 nitrogen and oxygen atoms in total. The summed E-state index contributed by atoms with van der Waals surface area (Å²) >= 11 is 0. The minimum Gasteiger partial charge on any atom is -0.481 e. The van der Waals surface area contributed by atoms with Crippen LogP contribution in [0.15, 0.2) is 18.5 Å². The number of carboxylic acids is 1. The molecule has 0 aliphatic carbocycles. The quantitative estimate of drug-likeness (QED) is 0.871. The van der Waals surface area contributed by atoms with Gasteiger partial charge in [0.1, 0.15) is 0 Å². The van der Waals surface area contributed by atoms with Gasteiger partial charge in [-0.3, -0.25) is 9.78 Å². The van der Waals surface area contributed by atoms with Crippen molar-refractivity contribution < 1.29 is 23.1 Å². The van der Waals surface area contributed by atoms with Crippen molar-refractivity contribution in [2.45, 2.75) is 19.5 Å². The van der Waals surface area contributed by atoms with Crippen molar-refractivity contribution in [3.63, 3.8) is 0 Å². The SMILES string of the molecule is CC(Cc1cncc(C(F)(F)F)c1)C(=O)O. The number of carbonyl (C=O) groups is 1. The van der Waals surface area contributed by atoms with Crippen LogP contribution in [-0.4, -0.2) is 16.1 Å². The summed E-state index contributed by atoms with van der Waals surface area (Å²) in [6, 6.07) is 0.923. The van der Waals surface area contributed by atoms with Gasteiger partial charge in [-0.15, -0.1) is 0 Å². The van der Waals surface area contributed by atoms with Gasteiger partial charge in [-0.2, -0.15) is 13.2 Å². The van der Waals surface area contributed by atoms with Gasteiger partial charge in [-0.25, -0.2) is 0 Å². The lowest BCUT2D eigenvalue weighted by molar-refractivity contribution is -0.141. The Bertz CT molecular complexity index is 390. The van der Waals surface area contributed by atoms with Crippen LogP contribution in [0, 0.1) is 5.92 Å². The van der Waals surface area contributed by atoms with Gasteiger partial charge in [0.05, 0.1) is 11.5 Å². The standard InChI is InChI=1S/C10H10F3NO2/c1-6(9(15)16)2-7-3-8(5-14-4-7)10(11,12)13/h3-6H,2H2,1H3,(H,15,16). The number of aliphatic carboxylic acids is 1. The molecular weight excluding hydrogens is 223 g/mol. The molecule has 0 saturated heterocycles. The molecule has 1 rings (SSSR count). The van der Waals surface area contributed by atoms with E-state index in [1.807, 2.05) is 0 Å². The van der Waals surface area contributed by atoms with Crippen molar-refractivity contribution in [2.24, 2.45) is 5.92 Å². The number of pyridine rings is 1. The topological polar surface area (TPSA) is 50.2 Å². The van der Waals surface area contributed by atoms with E-state index in [1.165, 1.54) is 13.1 Å². The number of aromatic nitrogens is 1. The zero-order chi connectivity index (χ0) is 12.3. The molecule has 0 bridgehead atoms. The second kappa shape index (κ2) is 4.51. The van der Waals surface area contributed by atoms with E-state index < -0.39 is 23.6 Å². The third kappa shape index (κ3) is 3.22. The number of hydrogen-bond donors (Lipinski definition) is 1. The maximum atomic E-state index is 12.3. The van der Waals surface area contributed by atoms with Crippen molar-refractivity contribution in [2.75, 3.05) is 0 Å². The molecule has 6 heteroatoms. The molecule has 1 heterocycles. The fourth-order valence-electron chi connectivity index (χ4n) is 1.20. The molecule has 0 aliphatic heterocycles. The minimum absolute atomic E-state index is 0.0340. The van der Waals surface area contributed by atoms with E-state index in [4.69, 9.17) is 5.11 Å². The first-order valence-electron chi connectivity index (χ1n) is 4.54. The molecule has 0 fully saturated rings. The number of halogens is 3. The Morgan fingerprint density at radius 2 is 2.12 bits per heavy atom. The van der Waals surface area contributed by atoms with Gasteiger partial charge < -0.3 is 5.11 Å². The van der Waals surface area contributed by atoms with Gasteiger partial charge in [-0.1, -0.05) is 6.92 Å². The van der Waals surface area contributed by atoms with Crippen molar-refractivity contribution >= 4 is 5.97 Å². The molecule has 0 radical (unpaired) electrons. The van der Waals surface area contributed by atoms with Crippen LogP contribution in [0.3, 0.4) is 0 Å². The maximum absolute atomic E-state index is 12.3. The zero-order valence-electron chi connectivity index (χ0n) is 8.45. The van der Waals surface area contributed by atoms with Crippen molar-refractivity contribution in [3.05, 3.63) is 29.6 Å². The normalized spacial score (nSPS) is 13.5. The summed E-state index contributed by atoms with van der Waals surface area (Å²) < 4.78 is 36.9. The summed E-state index contributed by atoms with van der Waals surface area (Å²) in [6.07, 6.45) is -2.45. The summed E-state index contributed by atoms with van der Waals surface area (Å²) in [7, 11) is 0. The van der Waals surface area contributed by atoms with Crippen LogP contribution >= 0.6 is 0 Å². The maximum Gasteiger partial charge on any atom is 0.417 e. The number of hydrogen-bond acceptors (Lipinski definition) is 2. The lowest BCUT2D eigenvalue weighted by Crippen LogP contribution is -2.13. The summed E-state index contributed by atoms with van der Waals surface area (Å²) in [6.45, 7) is 1.43. The van der Waals surface area contributed by atoms with Crippen molar-refractivity contribution in [1.29, 1.82) is 0 Å². The first-order valence-corrected chi connectivity index (χ1v) is 4.54. The predicted molar refractivity (Wildman–Crippen MR) is 49.7 cm³/mol. The summed E-state index contributed by atoms with van der Waals surface area (Å²) in [4.78, 5) is 14.0. The Hall–Kier alpha value is -1.59. The largest absolute Gasteiger partial charge is 0.481 e. The van der Waals surface area contributed by atoms with E-state index >= 15 is 0 Å². The van der Waals surface area contributed by atoms with Gasteiger partial charge in [0.25, 0.3) is 0 Å². The molecule has 88 valence electrons. The lowest BCUT2D eigenvalue weighted by atomic mass is 10.0. The zero-order valence-corrected chi connectivity index (χ0v) is 8.45. The predicted octanol–water partition coefficient (Wildman–Crippen LogP) is 2.36. The minimum atomic E-state index is -4.45. The van der Waals surface area contributed by atoms with Crippen LogP contribution in [-0.2, 0) is 17.4 Å². The molecule has 0 spiro atoms. The van der Waals surface area contributed by atoms with E-state index in [1.54, 1.807) is 0 Å². The highest BCUT2D eigenvalue weighted by Gasteiger charge is 2.31. The first-order chi connectivity index (χ1) is 7.30. The molecule has 1 unspecified atom stereocenters. The van der Waals surface area contributed by atoms with E-state index in [0.29, 0.717) is 0 Å². The van der Waals surface area contributed by atoms with Gasteiger partial charge in [0.15, 0.2) is 0 Å². The summed E-state index contributed by atoms with van der Waals surface area (Å²) in [5, 5.41) is 8.63. The number of carboxylic acid groups (broad SMARTS) is 1. The van der Waals surface area contributed by atoms with E-state index in [-0.39, 0.29) is 12.0 Å². The average molecular weight is 233 g/mol. The van der Waals surface area contributed by atoms with Gasteiger partial charge in [0, 0.05) is 12.4 Å². The van der Waals surface area contributed by atoms with Gasteiger partial charge >= 0.3 is 12.1 Å². The summed E-state index contributed by atoms with van der Waals surface area (Å²) in [5.41, 5.74) is -0.590. The molecular formula is C10H10F3NO2. The number of nitrogens with zero attached hydrogens (tertiary/aromatic N) is 1. The Kier molecular flexibility index (Phi) is 3.51. The fraction of sp³-hybridized carbons (Fsp3) is 0.400. The summed E-state index contributed by atoms with van der Waals surface area (Å²) in [5.74, 6) is -1.78. The van der Waals surface area contributed by atoms with Gasteiger partial charge in [-0.05, 0) is 18.1 Å². The highest BCUT2D eigenvalue weighted by atomic mass is 19.4. The smallest absolute Gasteiger partial charge is 0.417 e. The highest BCUT2D eigenvalue weighted by Crippen LogP contribution is 2.29. The Balaban J connectivity index is 2.87. The van der Waals surface area contributed by atoms with Crippen LogP contribution in [0.5, 0.6) is 0 Å². The lowest BCUT2D eigenvalue weighted by Gasteiger charge is -2.09. The second-order valence-electron chi connectivity index (χ2n) is 3.52. The van der Waals surface area contributed by atoms with Gasteiger partial charge in [0.2, 0.25) is 0 Å². The Morgan fingerprint density at radius 3 is 2.62 bits per heavy atom. The van der Waals surface area contributed by atoms with Crippen LogP contribution in [0.1, 0.15) is 18.1 Å². The molecule has 16 heavy (non-hydrogen) atoms. The Labute approximate surface area is 89.9 Å². The van der Waals surface area contributed by atoms with Crippen LogP contribution < -0.4 is 0 Å². The monoisotopic (exact) mass is 233 g/mol. The van der Waals surface area contributed by atoms with E-state index in [9.17, 15) is 18.0 Å². The highest BCUT2D eigenvalue weighted by molar-refractivity contribution is 5.69. The second-order valence-corrected chi connectivity index (χ2v) is 3.52. The molecule has 0 aromatic carbocycles. The molecule has 0 amide bonds. The molecule has 0 aliphatic rings. The molecule has 1 atom stereocenters. The van der Waals surface area contributed by atoms with Crippen LogP contribution in [0.25, 0.3) is 0 Å². The molecule has 1 aromatic heterocycles. The van der Waals surface area contributed by atoms with Crippen LogP contribution in [0.2, 0.25) is 0 Å². The third-order valence-electron chi connectivity index (χ3n) is 2.09. The van der Waals surface area contributed by atoms with E-state index in [0.717, 1.165) is 12.3 Å². The molecule has 1 aromatic rings.